The zero-order chi connectivity index (χ0) is 23.3. The summed E-state index contributed by atoms with van der Waals surface area (Å²) >= 11 is 0. The van der Waals surface area contributed by atoms with Crippen molar-refractivity contribution in [3.8, 4) is 0 Å². The second kappa shape index (κ2) is 10.3. The molecule has 2 aromatic carbocycles. The highest BCUT2D eigenvalue weighted by molar-refractivity contribution is 7.54. The third kappa shape index (κ3) is 6.53. The fraction of sp³-hybridized carbons (Fsp3) is 0.455. The summed E-state index contributed by atoms with van der Waals surface area (Å²) in [6, 6.07) is 12.1. The molecule has 0 saturated heterocycles. The third-order valence-electron chi connectivity index (χ3n) is 4.47. The summed E-state index contributed by atoms with van der Waals surface area (Å²) in [5.74, 6) is -0.798. The lowest BCUT2D eigenvalue weighted by Gasteiger charge is -2.32. The zero-order valence-corrected chi connectivity index (χ0v) is 20.1. The number of nitrogens with zero attached hydrogens (tertiary/aromatic N) is 2. The normalized spacial score (nSPS) is 12.8. The Bertz CT molecular complexity index is 931. The highest BCUT2D eigenvalue weighted by atomic mass is 31.2. The van der Waals surface area contributed by atoms with Gasteiger partial charge in [-0.3, -0.25) is 14.7 Å². The van der Waals surface area contributed by atoms with Gasteiger partial charge in [-0.1, -0.05) is 12.1 Å². The molecule has 170 valence electrons. The number of nitro benzene ring substituents is 1. The van der Waals surface area contributed by atoms with Gasteiger partial charge in [0.2, 0.25) is 0 Å². The van der Waals surface area contributed by atoms with Gasteiger partial charge in [-0.25, -0.2) is 0 Å². The Hall–Kier alpha value is -2.41. The van der Waals surface area contributed by atoms with Crippen molar-refractivity contribution in [2.75, 3.05) is 24.3 Å². The maximum atomic E-state index is 14.0. The molecule has 0 fully saturated rings. The van der Waals surface area contributed by atoms with E-state index in [0.29, 0.717) is 11.3 Å². The van der Waals surface area contributed by atoms with Gasteiger partial charge in [0, 0.05) is 37.6 Å². The van der Waals surface area contributed by atoms with Crippen LogP contribution in [0.25, 0.3) is 0 Å². The molecule has 0 saturated carbocycles. The lowest BCUT2D eigenvalue weighted by atomic mass is 10.1. The molecule has 0 aromatic heterocycles. The number of nitro groups is 1. The van der Waals surface area contributed by atoms with Crippen molar-refractivity contribution in [2.24, 2.45) is 0 Å². The van der Waals surface area contributed by atoms with E-state index < -0.39 is 18.3 Å². The molecule has 0 heterocycles. The van der Waals surface area contributed by atoms with Gasteiger partial charge in [0.05, 0.1) is 17.1 Å². The summed E-state index contributed by atoms with van der Waals surface area (Å²) in [5.41, 5.74) is 3.00. The first-order valence-corrected chi connectivity index (χ1v) is 11.8. The van der Waals surface area contributed by atoms with Crippen LogP contribution in [0.3, 0.4) is 0 Å². The average Bonchev–Trinajstić information content (AvgIpc) is 2.65. The first kappa shape index (κ1) is 24.9. The average molecular weight is 449 g/mol. The molecule has 8 nitrogen and oxygen atoms in total. The summed E-state index contributed by atoms with van der Waals surface area (Å²) in [5, 5.41) is 14.4. The minimum absolute atomic E-state index is 0.00465. The molecule has 31 heavy (non-hydrogen) atoms. The predicted octanol–water partition coefficient (Wildman–Crippen LogP) is 6.12. The molecule has 0 amide bonds. The summed E-state index contributed by atoms with van der Waals surface area (Å²) in [6.45, 7) is 8.98. The summed E-state index contributed by atoms with van der Waals surface area (Å²) < 4.78 is 25.8. The van der Waals surface area contributed by atoms with Crippen LogP contribution in [0, 0.1) is 17.0 Å². The van der Waals surface area contributed by atoms with Gasteiger partial charge in [0.25, 0.3) is 5.69 Å². The van der Waals surface area contributed by atoms with Crippen LogP contribution in [0.2, 0.25) is 0 Å². The summed E-state index contributed by atoms with van der Waals surface area (Å²) in [6.07, 6.45) is -0.652. The quantitative estimate of drug-likeness (QED) is 0.265. The van der Waals surface area contributed by atoms with Crippen LogP contribution in [-0.4, -0.2) is 31.2 Å². The largest absolute Gasteiger partial charge is 0.378 e. The Labute approximate surface area is 184 Å². The van der Waals surface area contributed by atoms with E-state index in [1.165, 1.54) is 12.1 Å². The molecule has 1 atom stereocenters. The Balaban J connectivity index is 2.55. The van der Waals surface area contributed by atoms with E-state index in [1.807, 2.05) is 43.3 Å². The van der Waals surface area contributed by atoms with Crippen LogP contribution in [0.4, 0.5) is 17.1 Å². The van der Waals surface area contributed by atoms with Crippen LogP contribution in [-0.2, 0) is 13.6 Å². The predicted molar refractivity (Wildman–Crippen MR) is 125 cm³/mol. The molecule has 0 aliphatic rings. The van der Waals surface area contributed by atoms with Gasteiger partial charge in [-0.15, -0.1) is 0 Å². The highest BCUT2D eigenvalue weighted by Gasteiger charge is 2.39. The van der Waals surface area contributed by atoms with Crippen molar-refractivity contribution >= 4 is 24.7 Å². The van der Waals surface area contributed by atoms with Gasteiger partial charge < -0.3 is 19.3 Å². The maximum absolute atomic E-state index is 14.0. The maximum Gasteiger partial charge on any atom is 0.357 e. The Morgan fingerprint density at radius 2 is 1.55 bits per heavy atom. The van der Waals surface area contributed by atoms with Crippen LogP contribution in [0.5, 0.6) is 0 Å². The lowest BCUT2D eigenvalue weighted by molar-refractivity contribution is -0.384. The van der Waals surface area contributed by atoms with Crippen molar-refractivity contribution in [2.45, 2.75) is 52.6 Å². The smallest absolute Gasteiger partial charge is 0.357 e. The van der Waals surface area contributed by atoms with Crippen molar-refractivity contribution in [3.63, 3.8) is 0 Å². The number of rotatable bonds is 10. The lowest BCUT2D eigenvalue weighted by Crippen LogP contribution is -2.20. The molecule has 0 bridgehead atoms. The molecule has 0 spiro atoms. The topological polar surface area (TPSA) is 93.9 Å². The molecule has 2 rings (SSSR count). The van der Waals surface area contributed by atoms with E-state index >= 15 is 0 Å². The molecule has 0 aliphatic carbocycles. The molecule has 0 radical (unpaired) electrons. The number of nitrogens with one attached hydrogen (secondary N) is 1. The number of hydrogen-bond acceptors (Lipinski definition) is 7. The van der Waals surface area contributed by atoms with Crippen molar-refractivity contribution in [3.05, 3.63) is 63.7 Å². The molecule has 0 aliphatic heterocycles. The van der Waals surface area contributed by atoms with E-state index in [9.17, 15) is 14.7 Å². The standard InChI is InChI=1S/C22H32N3O5P/c1-15(2)29-31(28,30-16(3)4)22(18-8-10-19(11-9-18)24(6)7)23-21-13-12-20(25(26)27)14-17(21)5/h8-16,22-23H,1-7H3. The monoisotopic (exact) mass is 449 g/mol. The first-order valence-electron chi connectivity index (χ1n) is 10.2. The minimum atomic E-state index is -3.68. The molecule has 1 N–H and O–H groups in total. The van der Waals surface area contributed by atoms with Gasteiger partial charge in [-0.05, 0) is 63.9 Å². The van der Waals surface area contributed by atoms with E-state index in [4.69, 9.17) is 9.05 Å². The summed E-state index contributed by atoms with van der Waals surface area (Å²) in [7, 11) is 0.211. The molecule has 9 heteroatoms. The Morgan fingerprint density at radius 3 is 1.97 bits per heavy atom. The number of aryl methyl sites for hydroxylation is 1. The van der Waals surface area contributed by atoms with Crippen molar-refractivity contribution < 1.29 is 18.5 Å². The van der Waals surface area contributed by atoms with E-state index in [1.54, 1.807) is 40.7 Å². The second-order valence-electron chi connectivity index (χ2n) is 8.14. The second-order valence-corrected chi connectivity index (χ2v) is 10.2. The van der Waals surface area contributed by atoms with Gasteiger partial charge in [0.1, 0.15) is 0 Å². The Morgan fingerprint density at radius 1 is 1.00 bits per heavy atom. The zero-order valence-electron chi connectivity index (χ0n) is 19.2. The van der Waals surface area contributed by atoms with Crippen LogP contribution in [0.1, 0.15) is 44.6 Å². The fourth-order valence-corrected chi connectivity index (χ4v) is 5.41. The van der Waals surface area contributed by atoms with Gasteiger partial charge >= 0.3 is 7.60 Å². The SMILES string of the molecule is Cc1cc([N+](=O)[O-])ccc1NC(c1ccc(N(C)C)cc1)P(=O)(OC(C)C)OC(C)C. The highest BCUT2D eigenvalue weighted by Crippen LogP contribution is 2.62. The van der Waals surface area contributed by atoms with Crippen molar-refractivity contribution in [1.82, 2.24) is 0 Å². The van der Waals surface area contributed by atoms with Crippen molar-refractivity contribution in [1.29, 1.82) is 0 Å². The number of anilines is 2. The van der Waals surface area contributed by atoms with E-state index in [2.05, 4.69) is 5.32 Å². The molecular formula is C22H32N3O5P. The number of non-ortho nitro benzene ring substituents is 1. The number of benzene rings is 2. The third-order valence-corrected chi connectivity index (χ3v) is 6.96. The van der Waals surface area contributed by atoms with E-state index in [0.717, 1.165) is 11.3 Å². The molecule has 1 unspecified atom stereocenters. The Kier molecular flexibility index (Phi) is 8.23. The summed E-state index contributed by atoms with van der Waals surface area (Å²) in [4.78, 5) is 12.6. The van der Waals surface area contributed by atoms with Gasteiger partial charge in [-0.2, -0.15) is 0 Å². The first-order chi connectivity index (χ1) is 14.4. The van der Waals surface area contributed by atoms with E-state index in [-0.39, 0.29) is 17.9 Å². The number of hydrogen-bond donors (Lipinski definition) is 1. The minimum Gasteiger partial charge on any atom is -0.378 e. The molecular weight excluding hydrogens is 417 g/mol. The van der Waals surface area contributed by atoms with Gasteiger partial charge in [0.15, 0.2) is 5.78 Å². The van der Waals surface area contributed by atoms with Crippen LogP contribution in [0.15, 0.2) is 42.5 Å². The molecule has 2 aromatic rings. The van der Waals surface area contributed by atoms with Crippen LogP contribution < -0.4 is 10.2 Å². The van der Waals surface area contributed by atoms with Crippen LogP contribution >= 0.6 is 7.60 Å². The fourth-order valence-electron chi connectivity index (χ4n) is 3.10.